The first kappa shape index (κ1) is 48.2. The van der Waals surface area contributed by atoms with Gasteiger partial charge in [0.2, 0.25) is 0 Å². The van der Waals surface area contributed by atoms with Crippen LogP contribution in [0.5, 0.6) is 11.5 Å². The molecule has 20 heteroatoms. The lowest BCUT2D eigenvalue weighted by molar-refractivity contribution is -0.0436. The number of halogens is 3. The number of carbonyl (C=O) groups is 2. The molecule has 0 unspecified atom stereocenters. The quantitative estimate of drug-likeness (QED) is 0.0875. The van der Waals surface area contributed by atoms with Gasteiger partial charge in [-0.2, -0.15) is 13.2 Å². The van der Waals surface area contributed by atoms with Gasteiger partial charge in [-0.3, -0.25) is 9.69 Å². The lowest BCUT2D eigenvalue weighted by Crippen LogP contribution is -2.54. The molecule has 0 bridgehead atoms. The summed E-state index contributed by atoms with van der Waals surface area (Å²) in [5, 5.41) is 12.7. The van der Waals surface area contributed by atoms with E-state index in [0.29, 0.717) is 47.9 Å². The van der Waals surface area contributed by atoms with Gasteiger partial charge < -0.3 is 29.9 Å². The molecule has 9 rings (SSSR count). The van der Waals surface area contributed by atoms with Gasteiger partial charge in [0.1, 0.15) is 22.0 Å². The molecular formula is C49H56F3N7O8S2. The summed E-state index contributed by atoms with van der Waals surface area (Å²) in [4.78, 5) is 36.6. The van der Waals surface area contributed by atoms with E-state index >= 15 is 0 Å². The highest BCUT2D eigenvalue weighted by Crippen LogP contribution is 2.54. The van der Waals surface area contributed by atoms with Crippen molar-refractivity contribution in [2.75, 3.05) is 49.5 Å². The topological polar surface area (TPSA) is 194 Å². The number of carboxylic acid groups (broad SMARTS) is 1. The second kappa shape index (κ2) is 18.8. The molecule has 4 N–H and O–H groups in total. The number of nitrogens with zero attached hydrogens (tertiary/aromatic N) is 4. The minimum atomic E-state index is -6.10. The zero-order valence-corrected chi connectivity index (χ0v) is 40.0. The Labute approximate surface area is 399 Å². The maximum atomic E-state index is 14.0. The highest BCUT2D eigenvalue weighted by Gasteiger charge is 2.51. The number of rotatable bonds is 13. The summed E-state index contributed by atoms with van der Waals surface area (Å²) >= 11 is 0. The van der Waals surface area contributed by atoms with Crippen LogP contribution in [0.3, 0.4) is 0 Å². The van der Waals surface area contributed by atoms with Crippen molar-refractivity contribution < 1.29 is 49.4 Å². The first-order valence-corrected chi connectivity index (χ1v) is 26.4. The third-order valence-electron chi connectivity index (χ3n) is 14.6. The predicted molar refractivity (Wildman–Crippen MR) is 254 cm³/mol. The molecule has 3 aliphatic heterocycles. The number of sulfone groups is 1. The molecule has 1 spiro atoms. The molecule has 5 heterocycles. The molecule has 69 heavy (non-hydrogen) atoms. The van der Waals surface area contributed by atoms with Crippen LogP contribution in [0.2, 0.25) is 0 Å². The summed E-state index contributed by atoms with van der Waals surface area (Å²) in [5.74, 6) is -0.671. The lowest BCUT2D eigenvalue weighted by Gasteiger charge is -2.56. The van der Waals surface area contributed by atoms with E-state index in [0.717, 1.165) is 63.1 Å². The number of pyridine rings is 1. The number of carbonyl (C=O) groups excluding carboxylic acids is 1. The number of fused-ring (bicyclic) bond motifs is 1. The van der Waals surface area contributed by atoms with Crippen molar-refractivity contribution in [3.05, 3.63) is 102 Å². The van der Waals surface area contributed by atoms with Crippen molar-refractivity contribution in [2.45, 2.75) is 98.5 Å². The van der Waals surface area contributed by atoms with Gasteiger partial charge in [-0.1, -0.05) is 38.1 Å². The maximum Gasteiger partial charge on any atom is 0.501 e. The highest BCUT2D eigenvalue weighted by molar-refractivity contribution is 7.92. The van der Waals surface area contributed by atoms with E-state index in [1.807, 2.05) is 4.72 Å². The molecular weight excluding hydrogens is 936 g/mol. The zero-order chi connectivity index (χ0) is 48.9. The van der Waals surface area contributed by atoms with Gasteiger partial charge in [0.25, 0.3) is 25.8 Å². The summed E-state index contributed by atoms with van der Waals surface area (Å²) in [6, 6.07) is 20.3. The fourth-order valence-corrected chi connectivity index (χ4v) is 12.8. The number of piperidine rings is 2. The molecule has 2 aromatic heterocycles. The van der Waals surface area contributed by atoms with Gasteiger partial charge in [-0.25, -0.2) is 31.3 Å². The van der Waals surface area contributed by atoms with E-state index in [4.69, 9.17) is 4.74 Å². The molecule has 1 atom stereocenters. The largest absolute Gasteiger partial charge is 0.501 e. The third kappa shape index (κ3) is 9.84. The number of ether oxygens (including phenoxy) is 1. The van der Waals surface area contributed by atoms with Gasteiger partial charge in [0, 0.05) is 68.1 Å². The van der Waals surface area contributed by atoms with Crippen molar-refractivity contribution in [3.8, 4) is 11.5 Å². The van der Waals surface area contributed by atoms with Crippen LogP contribution in [0.4, 0.5) is 29.3 Å². The smallest absolute Gasteiger partial charge is 0.465 e. The predicted octanol–water partition coefficient (Wildman–Crippen LogP) is 9.28. The van der Waals surface area contributed by atoms with Crippen LogP contribution in [0, 0.1) is 11.3 Å². The van der Waals surface area contributed by atoms with Crippen LogP contribution in [-0.4, -0.2) is 105 Å². The van der Waals surface area contributed by atoms with Crippen molar-refractivity contribution in [1.82, 2.24) is 24.5 Å². The summed E-state index contributed by atoms with van der Waals surface area (Å²) in [5.41, 5.74) is -2.05. The SMILES string of the molecule is CC(C)c1ccccc1[C@@H]1CCCN1C1CC2(CCN(c3ccc(C(=O)NS(=O)(=O)c4ccc(NCC5CCN(C(=O)O)CC5)c(S(=O)(=O)C(F)(F)F)c4)c(Oc4cnc5[nH]ccc5c4)c3)CC2)C1. The molecule has 1 saturated carbocycles. The summed E-state index contributed by atoms with van der Waals surface area (Å²) in [7, 11) is -11.1. The average Bonchev–Trinajstić information content (AvgIpc) is 4.00. The van der Waals surface area contributed by atoms with Crippen molar-refractivity contribution in [3.63, 3.8) is 0 Å². The fourth-order valence-electron chi connectivity index (χ4n) is 10.8. The molecule has 4 aliphatic rings. The molecule has 2 amide bonds. The number of hydrogen-bond donors (Lipinski definition) is 4. The van der Waals surface area contributed by atoms with Crippen LogP contribution in [0.1, 0.15) is 98.7 Å². The number of aromatic amines is 1. The minimum absolute atomic E-state index is 0.00305. The average molecular weight is 992 g/mol. The summed E-state index contributed by atoms with van der Waals surface area (Å²) in [6.45, 7) is 7.49. The van der Waals surface area contributed by atoms with Gasteiger partial charge in [0.15, 0.2) is 0 Å². The molecule has 5 aromatic rings. The Hall–Kier alpha value is -5.86. The molecule has 3 saturated heterocycles. The van der Waals surface area contributed by atoms with Crippen LogP contribution >= 0.6 is 0 Å². The van der Waals surface area contributed by atoms with Gasteiger partial charge >= 0.3 is 11.6 Å². The Balaban J connectivity index is 0.922. The minimum Gasteiger partial charge on any atom is -0.465 e. The van der Waals surface area contributed by atoms with Crippen LogP contribution in [0.15, 0.2) is 95.0 Å². The van der Waals surface area contributed by atoms with Gasteiger partial charge in [0.05, 0.1) is 22.3 Å². The molecule has 368 valence electrons. The van der Waals surface area contributed by atoms with Crippen molar-refractivity contribution in [2.24, 2.45) is 11.3 Å². The lowest BCUT2D eigenvalue weighted by atomic mass is 9.59. The fraction of sp³-hybridized carbons (Fsp3) is 0.449. The second-order valence-electron chi connectivity index (χ2n) is 19.2. The first-order valence-electron chi connectivity index (χ1n) is 23.4. The Morgan fingerprint density at radius 2 is 1.67 bits per heavy atom. The standard InChI is InChI=1S/C49H56F3N7O8S2/c1-31(2)38-6-3-4-7-39(38)42-8-5-19-59(42)35-27-48(28-35)16-22-57(23-17-48)34-9-11-40(43(25-34)67-36-24-33-13-18-53-45(33)55-30-36)46(60)56-69(65,66)37-10-12-41(44(26-37)68(63,64)49(50,51)52)54-29-32-14-20-58(21-15-32)47(61)62/h3-4,6-7,9-13,18,24-26,30-32,35,42,54H,5,8,14-17,19-23,27-29H2,1-2H3,(H,53,55)(H,56,60)(H,61,62)/t42-/m0/s1. The number of nitrogens with one attached hydrogen (secondary N) is 3. The number of benzene rings is 3. The van der Waals surface area contributed by atoms with E-state index in [2.05, 4.69) is 63.2 Å². The highest BCUT2D eigenvalue weighted by atomic mass is 32.2. The van der Waals surface area contributed by atoms with Crippen LogP contribution in [-0.2, 0) is 19.9 Å². The van der Waals surface area contributed by atoms with E-state index in [1.165, 1.54) is 41.1 Å². The molecule has 15 nitrogen and oxygen atoms in total. The summed E-state index contributed by atoms with van der Waals surface area (Å²) in [6.07, 6.45) is 9.37. The number of H-pyrrole nitrogens is 1. The van der Waals surface area contributed by atoms with Crippen molar-refractivity contribution >= 4 is 54.3 Å². The number of likely N-dealkylation sites (tertiary alicyclic amines) is 2. The monoisotopic (exact) mass is 991 g/mol. The number of aromatic nitrogens is 2. The summed E-state index contributed by atoms with van der Waals surface area (Å²) < 4.78 is 104. The van der Waals surface area contributed by atoms with E-state index < -0.39 is 52.8 Å². The first-order chi connectivity index (χ1) is 32.8. The Kier molecular flexibility index (Phi) is 13.1. The Morgan fingerprint density at radius 1 is 0.928 bits per heavy atom. The zero-order valence-electron chi connectivity index (χ0n) is 38.3. The number of anilines is 2. The molecule has 0 radical (unpaired) electrons. The van der Waals surface area contributed by atoms with E-state index in [9.17, 15) is 44.7 Å². The molecule has 4 fully saturated rings. The van der Waals surface area contributed by atoms with E-state index in [1.54, 1.807) is 30.5 Å². The van der Waals surface area contributed by atoms with Crippen LogP contribution < -0.4 is 19.7 Å². The van der Waals surface area contributed by atoms with Crippen molar-refractivity contribution in [1.29, 1.82) is 0 Å². The maximum absolute atomic E-state index is 14.0. The molecule has 1 aliphatic carbocycles. The van der Waals surface area contributed by atoms with E-state index in [-0.39, 0.29) is 48.0 Å². The normalized spacial score (nSPS) is 19.5. The second-order valence-corrected chi connectivity index (χ2v) is 22.8. The Morgan fingerprint density at radius 3 is 2.38 bits per heavy atom. The number of amides is 2. The number of hydrogen-bond acceptors (Lipinski definition) is 11. The van der Waals surface area contributed by atoms with Crippen LogP contribution in [0.25, 0.3) is 11.0 Å². The number of sulfonamides is 1. The molecule has 3 aromatic carbocycles. The van der Waals surface area contributed by atoms with Gasteiger partial charge in [-0.15, -0.1) is 0 Å². The Bertz CT molecular complexity index is 2960. The van der Waals surface area contributed by atoms with Gasteiger partial charge in [-0.05, 0) is 129 Å². The number of alkyl halides is 3. The third-order valence-corrected chi connectivity index (χ3v) is 17.5.